The summed E-state index contributed by atoms with van der Waals surface area (Å²) in [5, 5.41) is 4.43. The average Bonchev–Trinajstić information content (AvgIpc) is 3.78. The minimum Gasteiger partial charge on any atom is -0.291 e. The maximum Gasteiger partial charge on any atom is 0.166 e. The fraction of sp³-hybridized carbons (Fsp3) is 0.0303. The quantitative estimate of drug-likeness (QED) is 0.118. The number of hydrogen-bond acceptors (Lipinski definition) is 6. The zero-order valence-corrected chi connectivity index (χ0v) is 25.7. The first-order valence-corrected chi connectivity index (χ1v) is 15.5. The molecule has 0 saturated carbocycles. The number of nitrogens with zero attached hydrogens (tertiary/aromatic N) is 8. The standard InChI is InChI=1S/C33H14Cl4N8/c34-22-20-21(23(35)25(37)24(22)36)29-40-28(20)39-26-14-7-1-2-8-15(14)27(38-26)41-30-16-9-3-5-11-18(16)32-43-33-19-12-6-4-10-17(19)31(42-29)45(33)13-44(30)32/h1-12H,13H2. The lowest BCUT2D eigenvalue weighted by Gasteiger charge is -2.15. The number of benzene rings is 4. The van der Waals surface area contributed by atoms with Crippen LogP contribution in [-0.4, -0.2) is 32.5 Å². The molecule has 0 saturated heterocycles. The second kappa shape index (κ2) is 8.99. The minimum absolute atomic E-state index is 0.114. The van der Waals surface area contributed by atoms with Gasteiger partial charge in [0.25, 0.3) is 0 Å². The number of aliphatic imine (C=N–C) groups is 4. The van der Waals surface area contributed by atoms with E-state index in [-0.39, 0.29) is 25.9 Å². The summed E-state index contributed by atoms with van der Waals surface area (Å²) < 4.78 is 4.16. The molecule has 6 aromatic rings. The highest BCUT2D eigenvalue weighted by Crippen LogP contribution is 2.46. The van der Waals surface area contributed by atoms with Gasteiger partial charge in [0, 0.05) is 32.7 Å². The van der Waals surface area contributed by atoms with Gasteiger partial charge >= 0.3 is 0 Å². The summed E-state index contributed by atoms with van der Waals surface area (Å²) in [6.07, 6.45) is 0. The Labute approximate surface area is 273 Å². The van der Waals surface area contributed by atoms with Crippen LogP contribution < -0.4 is 11.0 Å². The summed E-state index contributed by atoms with van der Waals surface area (Å²) in [7, 11) is 0. The summed E-state index contributed by atoms with van der Waals surface area (Å²) in [4.78, 5) is 30.3. The minimum atomic E-state index is 0.114. The van der Waals surface area contributed by atoms with Gasteiger partial charge in [-0.1, -0.05) is 119 Å². The lowest BCUT2D eigenvalue weighted by Crippen LogP contribution is -2.33. The molecule has 6 heterocycles. The van der Waals surface area contributed by atoms with E-state index in [1.807, 2.05) is 60.7 Å². The Morgan fingerprint density at radius 1 is 0.422 bits per heavy atom. The van der Waals surface area contributed by atoms with E-state index in [2.05, 4.69) is 21.3 Å². The Balaban J connectivity index is 1.41. The number of halogens is 4. The molecule has 0 aliphatic carbocycles. The molecule has 0 atom stereocenters. The van der Waals surface area contributed by atoms with Crippen molar-refractivity contribution >= 4 is 103 Å². The average molecular weight is 664 g/mol. The molecular weight excluding hydrogens is 650 g/mol. The third-order valence-corrected chi connectivity index (χ3v) is 10.3. The zero-order valence-electron chi connectivity index (χ0n) is 22.7. The Morgan fingerprint density at radius 2 is 0.867 bits per heavy atom. The molecule has 0 radical (unpaired) electrons. The molecule has 10 rings (SSSR count). The van der Waals surface area contributed by atoms with Crippen LogP contribution in [0.5, 0.6) is 0 Å². The first-order valence-electron chi connectivity index (χ1n) is 13.9. The lowest BCUT2D eigenvalue weighted by atomic mass is 10.1. The van der Waals surface area contributed by atoms with Crippen LogP contribution in [0.1, 0.15) is 22.3 Å². The van der Waals surface area contributed by atoms with E-state index < -0.39 is 0 Å². The Morgan fingerprint density at radius 3 is 1.49 bits per heavy atom. The normalized spacial score (nSPS) is 15.5. The van der Waals surface area contributed by atoms with Gasteiger partial charge < -0.3 is 0 Å². The fourth-order valence-corrected chi connectivity index (χ4v) is 7.53. The highest BCUT2D eigenvalue weighted by atomic mass is 35.5. The van der Waals surface area contributed by atoms with Gasteiger partial charge in [-0.25, -0.2) is 30.0 Å². The Bertz CT molecular complexity index is 2680. The lowest BCUT2D eigenvalue weighted by molar-refractivity contribution is 0.561. The monoisotopic (exact) mass is 662 g/mol. The maximum atomic E-state index is 6.87. The van der Waals surface area contributed by atoms with Crippen molar-refractivity contribution in [1.29, 1.82) is 0 Å². The van der Waals surface area contributed by atoms with Crippen LogP contribution in [0, 0.1) is 0 Å². The summed E-state index contributed by atoms with van der Waals surface area (Å²) in [6, 6.07) is 24.0. The van der Waals surface area contributed by atoms with Crippen molar-refractivity contribution in [3.8, 4) is 0 Å². The molecule has 4 aromatic carbocycles. The van der Waals surface area contributed by atoms with Gasteiger partial charge in [0.05, 0.1) is 31.2 Å². The van der Waals surface area contributed by atoms with Gasteiger partial charge in [0.1, 0.15) is 29.3 Å². The Hall–Kier alpha value is -4.60. The van der Waals surface area contributed by atoms with Crippen molar-refractivity contribution in [3.05, 3.63) is 126 Å². The van der Waals surface area contributed by atoms with Crippen LogP contribution in [0.25, 0.3) is 21.5 Å². The summed E-state index contributed by atoms with van der Waals surface area (Å²) in [6.45, 7) is 0.400. The first-order chi connectivity index (χ1) is 22.0. The highest BCUT2D eigenvalue weighted by Gasteiger charge is 2.34. The van der Waals surface area contributed by atoms with Crippen molar-refractivity contribution in [2.45, 2.75) is 6.67 Å². The predicted molar refractivity (Wildman–Crippen MR) is 180 cm³/mol. The number of rotatable bonds is 0. The highest BCUT2D eigenvalue weighted by molar-refractivity contribution is 6.55. The van der Waals surface area contributed by atoms with Gasteiger partial charge in [0.2, 0.25) is 0 Å². The summed E-state index contributed by atoms with van der Waals surface area (Å²) in [5.41, 5.74) is 4.10. The predicted octanol–water partition coefficient (Wildman–Crippen LogP) is 7.66. The molecule has 8 nitrogen and oxygen atoms in total. The maximum absolute atomic E-state index is 6.87. The molecule has 0 fully saturated rings. The second-order valence-corrected chi connectivity index (χ2v) is 12.4. The molecule has 2 aromatic heterocycles. The van der Waals surface area contributed by atoms with Crippen LogP contribution in [-0.2, 0) is 6.67 Å². The number of hydrogen-bond donors (Lipinski definition) is 0. The topological polar surface area (TPSA) is 84.0 Å². The van der Waals surface area contributed by atoms with Gasteiger partial charge in [-0.3, -0.25) is 9.13 Å². The van der Waals surface area contributed by atoms with Crippen molar-refractivity contribution < 1.29 is 0 Å². The van der Waals surface area contributed by atoms with Crippen molar-refractivity contribution in [2.75, 3.05) is 0 Å². The molecular formula is C33H14Cl4N8. The van der Waals surface area contributed by atoms with Crippen molar-refractivity contribution in [1.82, 2.24) is 9.13 Å². The van der Waals surface area contributed by atoms with E-state index in [0.717, 1.165) is 49.5 Å². The molecule has 0 unspecified atom stereocenters. The fourth-order valence-electron chi connectivity index (χ4n) is 6.51. The molecule has 12 heteroatoms. The molecule has 0 amide bonds. The second-order valence-electron chi connectivity index (χ2n) is 10.9. The van der Waals surface area contributed by atoms with E-state index in [0.29, 0.717) is 41.1 Å². The van der Waals surface area contributed by atoms with Gasteiger partial charge in [-0.15, -0.1) is 0 Å². The number of amidine groups is 4. The van der Waals surface area contributed by atoms with Crippen LogP contribution >= 0.6 is 46.4 Å². The van der Waals surface area contributed by atoms with Gasteiger partial charge in [0.15, 0.2) is 23.3 Å². The molecule has 4 aliphatic rings. The first kappa shape index (κ1) is 25.7. The summed E-state index contributed by atoms with van der Waals surface area (Å²) >= 11 is 26.9. The van der Waals surface area contributed by atoms with Crippen molar-refractivity contribution in [3.63, 3.8) is 0 Å². The Kier molecular flexibility index (Phi) is 5.13. The molecule has 45 heavy (non-hydrogen) atoms. The third kappa shape index (κ3) is 3.34. The van der Waals surface area contributed by atoms with Crippen LogP contribution in [0.15, 0.2) is 103 Å². The molecule has 0 N–H and O–H groups in total. The molecule has 6 bridgehead atoms. The van der Waals surface area contributed by atoms with Crippen LogP contribution in [0.2, 0.25) is 20.1 Å². The molecule has 0 spiro atoms. The van der Waals surface area contributed by atoms with Gasteiger partial charge in [-0.05, 0) is 0 Å². The van der Waals surface area contributed by atoms with E-state index in [1.165, 1.54) is 0 Å². The molecule has 214 valence electrons. The van der Waals surface area contributed by atoms with E-state index in [4.69, 9.17) is 76.4 Å². The van der Waals surface area contributed by atoms with E-state index >= 15 is 0 Å². The summed E-state index contributed by atoms with van der Waals surface area (Å²) in [5.74, 6) is 2.97. The van der Waals surface area contributed by atoms with Crippen LogP contribution in [0.4, 0.5) is 11.6 Å². The van der Waals surface area contributed by atoms with E-state index in [9.17, 15) is 0 Å². The number of fused-ring (bicyclic) bond motifs is 14. The largest absolute Gasteiger partial charge is 0.291 e. The SMILES string of the molecule is Clc1c(Cl)c(Cl)c2c(c1Cl)C1=NC2=Nc2c3ccccc3c3n2Cn2c(c4ccccc4c2=N3)=NC2=NC(=N1)c1ccccc12. The smallest absolute Gasteiger partial charge is 0.166 e. The zero-order chi connectivity index (χ0) is 30.1. The van der Waals surface area contributed by atoms with Crippen molar-refractivity contribution in [2.24, 2.45) is 30.0 Å². The van der Waals surface area contributed by atoms with Gasteiger partial charge in [-0.2, -0.15) is 0 Å². The third-order valence-electron chi connectivity index (χ3n) is 8.52. The molecule has 4 aliphatic heterocycles. The van der Waals surface area contributed by atoms with Crippen LogP contribution in [0.3, 0.4) is 0 Å². The van der Waals surface area contributed by atoms with E-state index in [1.54, 1.807) is 0 Å². The number of aromatic nitrogens is 2.